The molecule has 0 N–H and O–H groups in total. The maximum absolute atomic E-state index is 6.37. The first kappa shape index (κ1) is 22.5. The molecule has 0 bridgehead atoms. The summed E-state index contributed by atoms with van der Waals surface area (Å²) < 4.78 is 11.1. The summed E-state index contributed by atoms with van der Waals surface area (Å²) in [4.78, 5) is 0. The van der Waals surface area contributed by atoms with Gasteiger partial charge in [-0.2, -0.15) is 0 Å². The zero-order valence-electron chi connectivity index (χ0n) is 22.8. The first-order valence-corrected chi connectivity index (χ1v) is 14.1. The third kappa shape index (κ3) is 3.14. The summed E-state index contributed by atoms with van der Waals surface area (Å²) in [6, 6.07) is 44.0. The summed E-state index contributed by atoms with van der Waals surface area (Å²) in [5, 5.41) is 7.32. The molecule has 3 heterocycles. The molecule has 0 amide bonds. The zero-order valence-corrected chi connectivity index (χ0v) is 22.8. The molecule has 0 aliphatic carbocycles. The average molecular weight is 527 g/mol. The van der Waals surface area contributed by atoms with Crippen molar-refractivity contribution in [1.29, 1.82) is 0 Å². The van der Waals surface area contributed by atoms with Crippen LogP contribution in [0.3, 0.4) is 0 Å². The van der Waals surface area contributed by atoms with E-state index in [1.165, 1.54) is 54.7 Å². The molecular formula is C38H26N2O. The molecule has 9 aromatic rings. The van der Waals surface area contributed by atoms with Crippen molar-refractivity contribution in [2.45, 2.75) is 13.8 Å². The van der Waals surface area contributed by atoms with E-state index >= 15 is 0 Å². The highest BCUT2D eigenvalue weighted by Gasteiger charge is 2.17. The Balaban J connectivity index is 1.32. The van der Waals surface area contributed by atoms with Crippen LogP contribution in [0.15, 0.2) is 126 Å². The molecule has 0 aliphatic rings. The standard InChI is InChI=1S/C38H26N2O/c1-23-11-15-29-27-7-3-5-9-33(27)39(35(29)19-23)25-13-17-37-31(21-25)32-22-26(14-18-38(32)41-37)40-34-10-6-4-8-28(34)30-16-12-24(2)20-36(30)40/h3-22H,1-2H3. The minimum absolute atomic E-state index is 0.899. The van der Waals surface area contributed by atoms with Crippen LogP contribution >= 0.6 is 0 Å². The number of nitrogens with zero attached hydrogens (tertiary/aromatic N) is 2. The van der Waals surface area contributed by atoms with E-state index in [0.717, 1.165) is 33.3 Å². The van der Waals surface area contributed by atoms with E-state index in [0.29, 0.717) is 0 Å². The molecule has 0 spiro atoms. The van der Waals surface area contributed by atoms with Crippen LogP contribution in [0, 0.1) is 13.8 Å². The largest absolute Gasteiger partial charge is 0.456 e. The Labute approximate surface area is 236 Å². The van der Waals surface area contributed by atoms with E-state index in [-0.39, 0.29) is 0 Å². The Morgan fingerprint density at radius 1 is 0.390 bits per heavy atom. The van der Waals surface area contributed by atoms with Crippen LogP contribution in [0.5, 0.6) is 0 Å². The van der Waals surface area contributed by atoms with Gasteiger partial charge in [-0.1, -0.05) is 60.7 Å². The molecule has 0 radical (unpaired) electrons. The first-order chi connectivity index (χ1) is 20.1. The number of rotatable bonds is 2. The van der Waals surface area contributed by atoms with Gasteiger partial charge in [-0.25, -0.2) is 0 Å². The van der Waals surface area contributed by atoms with Gasteiger partial charge in [-0.15, -0.1) is 0 Å². The summed E-state index contributed by atoms with van der Waals surface area (Å²) in [5.41, 5.74) is 11.4. The summed E-state index contributed by atoms with van der Waals surface area (Å²) in [5.74, 6) is 0. The summed E-state index contributed by atoms with van der Waals surface area (Å²) in [6.45, 7) is 4.32. The number of benzene rings is 6. The molecule has 0 saturated heterocycles. The smallest absolute Gasteiger partial charge is 0.135 e. The number of aryl methyl sites for hydroxylation is 2. The van der Waals surface area contributed by atoms with Crippen LogP contribution in [0.2, 0.25) is 0 Å². The van der Waals surface area contributed by atoms with Gasteiger partial charge in [-0.3, -0.25) is 0 Å². The second-order valence-electron chi connectivity index (χ2n) is 11.2. The third-order valence-electron chi connectivity index (χ3n) is 8.61. The van der Waals surface area contributed by atoms with E-state index in [9.17, 15) is 0 Å². The van der Waals surface area contributed by atoms with E-state index in [1.54, 1.807) is 0 Å². The monoisotopic (exact) mass is 526 g/mol. The molecule has 3 nitrogen and oxygen atoms in total. The van der Waals surface area contributed by atoms with Gasteiger partial charge >= 0.3 is 0 Å². The van der Waals surface area contributed by atoms with Gasteiger partial charge in [0.1, 0.15) is 11.2 Å². The molecule has 3 aromatic heterocycles. The van der Waals surface area contributed by atoms with Crippen molar-refractivity contribution in [3.63, 3.8) is 0 Å². The summed E-state index contributed by atoms with van der Waals surface area (Å²) in [6.07, 6.45) is 0. The first-order valence-electron chi connectivity index (χ1n) is 14.1. The number of para-hydroxylation sites is 2. The Hall–Kier alpha value is -5.28. The van der Waals surface area contributed by atoms with Crippen molar-refractivity contribution in [2.75, 3.05) is 0 Å². The van der Waals surface area contributed by atoms with E-state index in [2.05, 4.69) is 144 Å². The fourth-order valence-electron chi connectivity index (χ4n) is 6.75. The summed E-state index contributed by atoms with van der Waals surface area (Å²) >= 11 is 0. The van der Waals surface area contributed by atoms with Crippen LogP contribution < -0.4 is 0 Å². The number of fused-ring (bicyclic) bond motifs is 9. The maximum atomic E-state index is 6.37. The molecule has 3 heteroatoms. The average Bonchev–Trinajstić information content (AvgIpc) is 3.63. The molecule has 0 aliphatic heterocycles. The fourth-order valence-corrected chi connectivity index (χ4v) is 6.75. The molecule has 0 fully saturated rings. The topological polar surface area (TPSA) is 23.0 Å². The van der Waals surface area contributed by atoms with E-state index in [1.807, 2.05) is 0 Å². The Morgan fingerprint density at radius 2 is 0.829 bits per heavy atom. The lowest BCUT2D eigenvalue weighted by molar-refractivity contribution is 0.669. The van der Waals surface area contributed by atoms with Crippen molar-refractivity contribution >= 4 is 65.6 Å². The van der Waals surface area contributed by atoms with Gasteiger partial charge in [0.25, 0.3) is 0 Å². The normalized spacial score (nSPS) is 12.1. The van der Waals surface area contributed by atoms with Crippen LogP contribution in [0.4, 0.5) is 0 Å². The predicted molar refractivity (Wildman–Crippen MR) is 172 cm³/mol. The number of hydrogen-bond acceptors (Lipinski definition) is 1. The highest BCUT2D eigenvalue weighted by molar-refractivity contribution is 6.12. The number of hydrogen-bond donors (Lipinski definition) is 0. The molecule has 9 rings (SSSR count). The van der Waals surface area contributed by atoms with E-state index in [4.69, 9.17) is 4.42 Å². The molecular weight excluding hydrogens is 500 g/mol. The lowest BCUT2D eigenvalue weighted by Gasteiger charge is -2.09. The van der Waals surface area contributed by atoms with Gasteiger partial charge in [0, 0.05) is 43.7 Å². The lowest BCUT2D eigenvalue weighted by atomic mass is 10.1. The van der Waals surface area contributed by atoms with Gasteiger partial charge in [0.05, 0.1) is 22.1 Å². The maximum Gasteiger partial charge on any atom is 0.135 e. The molecule has 41 heavy (non-hydrogen) atoms. The molecule has 194 valence electrons. The SMILES string of the molecule is Cc1ccc2c3ccccc3n(-c3ccc4oc5ccc(-n6c7ccccc7c7ccc(C)cc76)cc5c4c3)c2c1. The Bertz CT molecular complexity index is 2330. The van der Waals surface area contributed by atoms with Crippen molar-refractivity contribution < 1.29 is 4.42 Å². The highest BCUT2D eigenvalue weighted by atomic mass is 16.3. The van der Waals surface area contributed by atoms with Crippen LogP contribution in [0.25, 0.3) is 76.9 Å². The van der Waals surface area contributed by atoms with Gasteiger partial charge in [0.15, 0.2) is 0 Å². The quantitative estimate of drug-likeness (QED) is 0.220. The second-order valence-corrected chi connectivity index (χ2v) is 11.2. The molecule has 0 unspecified atom stereocenters. The number of aromatic nitrogens is 2. The third-order valence-corrected chi connectivity index (χ3v) is 8.61. The van der Waals surface area contributed by atoms with Crippen LogP contribution in [-0.2, 0) is 0 Å². The zero-order chi connectivity index (χ0) is 27.2. The fraction of sp³-hybridized carbons (Fsp3) is 0.0526. The van der Waals surface area contributed by atoms with E-state index < -0.39 is 0 Å². The van der Waals surface area contributed by atoms with Crippen LogP contribution in [-0.4, -0.2) is 9.13 Å². The molecule has 6 aromatic carbocycles. The molecule has 0 saturated carbocycles. The van der Waals surface area contributed by atoms with Crippen molar-refractivity contribution in [3.05, 3.63) is 132 Å². The van der Waals surface area contributed by atoms with Crippen molar-refractivity contribution in [3.8, 4) is 11.4 Å². The van der Waals surface area contributed by atoms with Gasteiger partial charge in [-0.05, 0) is 85.6 Å². The van der Waals surface area contributed by atoms with Gasteiger partial charge in [0.2, 0.25) is 0 Å². The lowest BCUT2D eigenvalue weighted by Crippen LogP contribution is -1.94. The second kappa shape index (κ2) is 8.12. The van der Waals surface area contributed by atoms with Crippen molar-refractivity contribution in [2.24, 2.45) is 0 Å². The summed E-state index contributed by atoms with van der Waals surface area (Å²) in [7, 11) is 0. The predicted octanol–water partition coefficient (Wildman–Crippen LogP) is 10.4. The highest BCUT2D eigenvalue weighted by Crippen LogP contribution is 2.38. The minimum atomic E-state index is 0.899. The minimum Gasteiger partial charge on any atom is -0.456 e. The Kier molecular flexibility index (Phi) is 4.46. The Morgan fingerprint density at radius 3 is 1.32 bits per heavy atom. The van der Waals surface area contributed by atoms with Gasteiger partial charge < -0.3 is 13.6 Å². The molecule has 0 atom stereocenters. The van der Waals surface area contributed by atoms with Crippen LogP contribution in [0.1, 0.15) is 11.1 Å². The van der Waals surface area contributed by atoms with Crippen molar-refractivity contribution in [1.82, 2.24) is 9.13 Å². The number of furan rings is 1.